The molecule has 0 aromatic rings. The maximum Gasteiger partial charge on any atom is 0.306 e. The number of esters is 2. The number of ether oxygens (including phenoxy) is 2. The van der Waals surface area contributed by atoms with Gasteiger partial charge >= 0.3 is 11.9 Å². The molecule has 0 aromatic heterocycles. The molecule has 0 aliphatic heterocycles. The van der Waals surface area contributed by atoms with Crippen LogP contribution in [0.15, 0.2) is 36.5 Å². The number of quaternary nitrogens is 1. The summed E-state index contributed by atoms with van der Waals surface area (Å²) in [7, 11) is 1.18. The van der Waals surface area contributed by atoms with Crippen molar-refractivity contribution in [3.05, 3.63) is 36.5 Å². The lowest BCUT2D eigenvalue weighted by Gasteiger charge is -2.28. The summed E-state index contributed by atoms with van der Waals surface area (Å²) in [6.07, 6.45) is 72.5. The molecule has 0 heterocycles. The lowest BCUT2D eigenvalue weighted by molar-refractivity contribution is -0.870. The summed E-state index contributed by atoms with van der Waals surface area (Å²) in [6.45, 7) is 4.26. The molecule has 0 fully saturated rings. The van der Waals surface area contributed by atoms with Crippen LogP contribution in [0, 0.1) is 0 Å². The van der Waals surface area contributed by atoms with Gasteiger partial charge in [0.2, 0.25) is 0 Å². The first-order valence-corrected chi connectivity index (χ1v) is 34.2. The van der Waals surface area contributed by atoms with Crippen LogP contribution in [-0.2, 0) is 32.7 Å². The fourth-order valence-electron chi connectivity index (χ4n) is 9.61. The van der Waals surface area contributed by atoms with E-state index in [2.05, 4.69) is 50.3 Å². The molecular formula is C66H126NO8P. The van der Waals surface area contributed by atoms with E-state index < -0.39 is 26.5 Å². The van der Waals surface area contributed by atoms with E-state index in [9.17, 15) is 19.0 Å². The second-order valence-corrected chi connectivity index (χ2v) is 24.9. The Morgan fingerprint density at radius 1 is 0.408 bits per heavy atom. The Balaban J connectivity index is 3.81. The topological polar surface area (TPSA) is 111 Å². The molecule has 0 rings (SSSR count). The molecule has 0 spiro atoms. The zero-order valence-corrected chi connectivity index (χ0v) is 51.9. The van der Waals surface area contributed by atoms with Gasteiger partial charge in [-0.05, 0) is 51.4 Å². The van der Waals surface area contributed by atoms with Gasteiger partial charge in [-0.1, -0.05) is 294 Å². The number of rotatable bonds is 61. The van der Waals surface area contributed by atoms with Gasteiger partial charge < -0.3 is 27.9 Å². The van der Waals surface area contributed by atoms with Crippen molar-refractivity contribution in [1.29, 1.82) is 0 Å². The van der Waals surface area contributed by atoms with Gasteiger partial charge in [0.05, 0.1) is 27.7 Å². The normalized spacial score (nSPS) is 13.4. The van der Waals surface area contributed by atoms with Gasteiger partial charge in [0.25, 0.3) is 7.82 Å². The zero-order valence-electron chi connectivity index (χ0n) is 51.0. The smallest absolute Gasteiger partial charge is 0.306 e. The standard InChI is InChI=1S/C66H126NO8P/c1-6-8-10-12-14-16-18-19-20-21-22-23-24-25-26-27-28-29-30-31-32-33-34-35-36-37-38-39-40-41-42-43-44-45-46-47-49-51-53-55-57-59-66(69)75-64(63-74-76(70,71)73-61-60-67(3,4)5)62-72-65(68)58-56-54-52-50-48-17-15-13-11-9-7-2/h18-19,21-22,24-25,64H,6-17,20,23,26-63H2,1-5H3/b19-18-,22-21-,25-24-. The van der Waals surface area contributed by atoms with Crippen LogP contribution in [0.4, 0.5) is 0 Å². The molecule has 76 heavy (non-hydrogen) atoms. The maximum absolute atomic E-state index is 12.8. The number of hydrogen-bond acceptors (Lipinski definition) is 8. The number of phosphoric ester groups is 1. The van der Waals surface area contributed by atoms with Crippen LogP contribution in [0.25, 0.3) is 0 Å². The van der Waals surface area contributed by atoms with Crippen molar-refractivity contribution in [2.45, 2.75) is 328 Å². The van der Waals surface area contributed by atoms with Crippen molar-refractivity contribution in [3.8, 4) is 0 Å². The van der Waals surface area contributed by atoms with E-state index in [4.69, 9.17) is 18.5 Å². The number of allylic oxidation sites excluding steroid dienone is 6. The minimum absolute atomic E-state index is 0.0272. The van der Waals surface area contributed by atoms with E-state index in [1.54, 1.807) is 0 Å². The number of unbranched alkanes of at least 4 members (excludes halogenated alkanes) is 41. The number of likely N-dealkylation sites (N-methyl/N-ethyl adjacent to an activating group) is 1. The highest BCUT2D eigenvalue weighted by Gasteiger charge is 2.22. The molecule has 0 aliphatic carbocycles. The van der Waals surface area contributed by atoms with E-state index in [1.807, 2.05) is 21.1 Å². The van der Waals surface area contributed by atoms with Gasteiger partial charge in [0.15, 0.2) is 6.10 Å². The van der Waals surface area contributed by atoms with Crippen molar-refractivity contribution in [2.24, 2.45) is 0 Å². The first kappa shape index (κ1) is 74.2. The van der Waals surface area contributed by atoms with Gasteiger partial charge in [-0.25, -0.2) is 0 Å². The van der Waals surface area contributed by atoms with Crippen molar-refractivity contribution >= 4 is 19.8 Å². The molecule has 0 aliphatic rings. The van der Waals surface area contributed by atoms with Crippen LogP contribution in [0.2, 0.25) is 0 Å². The number of carbonyl (C=O) groups excluding carboxylic acids is 2. The first-order valence-electron chi connectivity index (χ1n) is 32.7. The summed E-state index contributed by atoms with van der Waals surface area (Å²) in [5.74, 6) is -0.818. The van der Waals surface area contributed by atoms with Crippen molar-refractivity contribution < 1.29 is 42.1 Å². The predicted octanol–water partition coefficient (Wildman–Crippen LogP) is 20.1. The third kappa shape index (κ3) is 61.4. The Kier molecular flexibility index (Phi) is 56.6. The molecular weight excluding hydrogens is 966 g/mol. The molecule has 2 atom stereocenters. The third-order valence-corrected chi connectivity index (χ3v) is 15.6. The van der Waals surface area contributed by atoms with Crippen LogP contribution < -0.4 is 4.89 Å². The molecule has 9 nitrogen and oxygen atoms in total. The monoisotopic (exact) mass is 1090 g/mol. The molecule has 448 valence electrons. The Labute approximate surface area is 471 Å². The zero-order chi connectivity index (χ0) is 55.6. The summed E-state index contributed by atoms with van der Waals surface area (Å²) >= 11 is 0. The lowest BCUT2D eigenvalue weighted by Crippen LogP contribution is -2.37. The molecule has 10 heteroatoms. The molecule has 0 amide bonds. The SMILES string of the molecule is CCCCCCC/C=C\C/C=C\C/C=C\CCCCCCCCCCCCCCCCCCCCCCCCCCCCC(=O)OC(COC(=O)CCCCCCCCCCCCC)COP(=O)([O-])OCC[N+](C)(C)C. The second-order valence-electron chi connectivity index (χ2n) is 23.5. The average Bonchev–Trinajstić information content (AvgIpc) is 3.38. The summed E-state index contributed by atoms with van der Waals surface area (Å²) in [6, 6.07) is 0. The highest BCUT2D eigenvalue weighted by Crippen LogP contribution is 2.38. The lowest BCUT2D eigenvalue weighted by atomic mass is 10.0. The van der Waals surface area contributed by atoms with E-state index in [0.717, 1.165) is 44.9 Å². The largest absolute Gasteiger partial charge is 0.756 e. The summed E-state index contributed by atoms with van der Waals surface area (Å²) in [5.41, 5.74) is 0. The highest BCUT2D eigenvalue weighted by atomic mass is 31.2. The van der Waals surface area contributed by atoms with E-state index in [-0.39, 0.29) is 32.0 Å². The number of phosphoric acid groups is 1. The van der Waals surface area contributed by atoms with Crippen LogP contribution in [0.3, 0.4) is 0 Å². The molecule has 0 aromatic carbocycles. The molecule has 0 saturated heterocycles. The Morgan fingerprint density at radius 2 is 0.711 bits per heavy atom. The summed E-state index contributed by atoms with van der Waals surface area (Å²) < 4.78 is 34.1. The average molecular weight is 1090 g/mol. The predicted molar refractivity (Wildman–Crippen MR) is 324 cm³/mol. The van der Waals surface area contributed by atoms with Crippen LogP contribution in [0.1, 0.15) is 322 Å². The van der Waals surface area contributed by atoms with Crippen LogP contribution in [0.5, 0.6) is 0 Å². The summed E-state index contributed by atoms with van der Waals surface area (Å²) in [4.78, 5) is 37.8. The van der Waals surface area contributed by atoms with Crippen molar-refractivity contribution in [2.75, 3.05) is 47.5 Å². The van der Waals surface area contributed by atoms with E-state index >= 15 is 0 Å². The quantitative estimate of drug-likeness (QED) is 0.0195. The van der Waals surface area contributed by atoms with Gasteiger partial charge in [-0.15, -0.1) is 0 Å². The van der Waals surface area contributed by atoms with Gasteiger partial charge in [0, 0.05) is 12.8 Å². The fourth-order valence-corrected chi connectivity index (χ4v) is 10.3. The fraction of sp³-hybridized carbons (Fsp3) is 0.879. The first-order chi connectivity index (χ1) is 37.0. The molecule has 0 saturated carbocycles. The molecule has 2 unspecified atom stereocenters. The Hall–Kier alpha value is -1.77. The number of nitrogens with zero attached hydrogens (tertiary/aromatic N) is 1. The summed E-state index contributed by atoms with van der Waals surface area (Å²) in [5, 5.41) is 0. The Bertz CT molecular complexity index is 1380. The maximum atomic E-state index is 12.8. The number of hydrogen-bond donors (Lipinski definition) is 0. The van der Waals surface area contributed by atoms with Gasteiger partial charge in [0.1, 0.15) is 19.8 Å². The Morgan fingerprint density at radius 3 is 1.05 bits per heavy atom. The minimum atomic E-state index is -4.63. The molecule has 0 bridgehead atoms. The second kappa shape index (κ2) is 57.9. The highest BCUT2D eigenvalue weighted by molar-refractivity contribution is 7.45. The third-order valence-electron chi connectivity index (χ3n) is 14.7. The van der Waals surface area contributed by atoms with E-state index in [1.165, 1.54) is 244 Å². The molecule has 0 N–H and O–H groups in total. The van der Waals surface area contributed by atoms with Gasteiger partial charge in [-0.2, -0.15) is 0 Å². The van der Waals surface area contributed by atoms with E-state index in [0.29, 0.717) is 17.4 Å². The number of carbonyl (C=O) groups is 2. The van der Waals surface area contributed by atoms with Gasteiger partial charge in [-0.3, -0.25) is 14.2 Å². The van der Waals surface area contributed by atoms with Crippen LogP contribution in [-0.4, -0.2) is 70.0 Å². The molecule has 0 radical (unpaired) electrons. The minimum Gasteiger partial charge on any atom is -0.756 e. The van der Waals surface area contributed by atoms with Crippen LogP contribution >= 0.6 is 7.82 Å². The van der Waals surface area contributed by atoms with Crippen molar-refractivity contribution in [3.63, 3.8) is 0 Å². The van der Waals surface area contributed by atoms with Crippen molar-refractivity contribution in [1.82, 2.24) is 0 Å².